The summed E-state index contributed by atoms with van der Waals surface area (Å²) in [5.41, 5.74) is 5.51. The summed E-state index contributed by atoms with van der Waals surface area (Å²) < 4.78 is 40.0. The van der Waals surface area contributed by atoms with Gasteiger partial charge in [-0.3, -0.25) is 0 Å². The molecule has 0 heterocycles. The van der Waals surface area contributed by atoms with Crippen LogP contribution in [0.2, 0.25) is 0 Å². The Morgan fingerprint density at radius 1 is 1.43 bits per heavy atom. The van der Waals surface area contributed by atoms with Gasteiger partial charge in [-0.25, -0.2) is 0 Å². The van der Waals surface area contributed by atoms with Crippen molar-refractivity contribution in [3.63, 3.8) is 0 Å². The third-order valence-corrected chi connectivity index (χ3v) is 1.85. The van der Waals surface area contributed by atoms with E-state index in [0.29, 0.717) is 6.42 Å². The van der Waals surface area contributed by atoms with Gasteiger partial charge in [0.05, 0.1) is 25.7 Å². The van der Waals surface area contributed by atoms with E-state index in [4.69, 9.17) is 15.6 Å². The maximum absolute atomic E-state index is 11.7. The number of hydrogen-bond donors (Lipinski definition) is 2. The quantitative estimate of drug-likeness (QED) is 0.696. The van der Waals surface area contributed by atoms with E-state index in [0.717, 1.165) is 0 Å². The minimum atomic E-state index is -4.23. The lowest BCUT2D eigenvalue weighted by Crippen LogP contribution is -2.39. The molecule has 3 N–H and O–H groups in total. The van der Waals surface area contributed by atoms with Crippen molar-refractivity contribution >= 4 is 0 Å². The van der Waals surface area contributed by atoms with Gasteiger partial charge >= 0.3 is 6.18 Å². The summed E-state index contributed by atoms with van der Waals surface area (Å²) in [6, 6.07) is -0.423. The lowest BCUT2D eigenvalue weighted by atomic mass is 10.1. The lowest BCUT2D eigenvalue weighted by molar-refractivity contribution is -0.151. The van der Waals surface area contributed by atoms with Crippen molar-refractivity contribution in [1.82, 2.24) is 0 Å². The molecule has 14 heavy (non-hydrogen) atoms. The largest absolute Gasteiger partial charge is 0.394 e. The SMILES string of the molecule is CCC(N)C(CO)OCCC(F)(F)F. The molecule has 0 radical (unpaired) electrons. The number of halogens is 3. The Morgan fingerprint density at radius 3 is 2.36 bits per heavy atom. The highest BCUT2D eigenvalue weighted by Gasteiger charge is 2.27. The maximum Gasteiger partial charge on any atom is 0.391 e. The molecule has 0 spiro atoms. The van der Waals surface area contributed by atoms with Gasteiger partial charge in [-0.05, 0) is 6.42 Å². The van der Waals surface area contributed by atoms with Crippen molar-refractivity contribution in [3.05, 3.63) is 0 Å². The molecular weight excluding hydrogens is 199 g/mol. The summed E-state index contributed by atoms with van der Waals surface area (Å²) >= 11 is 0. The van der Waals surface area contributed by atoms with Gasteiger partial charge in [0, 0.05) is 6.04 Å². The minimum absolute atomic E-state index is 0.354. The first-order valence-corrected chi connectivity index (χ1v) is 4.45. The topological polar surface area (TPSA) is 55.5 Å². The van der Waals surface area contributed by atoms with Gasteiger partial charge < -0.3 is 15.6 Å². The van der Waals surface area contributed by atoms with Crippen LogP contribution in [0.4, 0.5) is 13.2 Å². The first-order valence-electron chi connectivity index (χ1n) is 4.45. The van der Waals surface area contributed by atoms with Gasteiger partial charge in [-0.1, -0.05) is 6.92 Å². The second-order valence-corrected chi connectivity index (χ2v) is 3.03. The van der Waals surface area contributed by atoms with Crippen LogP contribution in [0.25, 0.3) is 0 Å². The molecule has 0 aliphatic rings. The molecule has 0 saturated heterocycles. The van der Waals surface area contributed by atoms with Crippen LogP contribution >= 0.6 is 0 Å². The van der Waals surface area contributed by atoms with Crippen molar-refractivity contribution in [2.45, 2.75) is 38.1 Å². The normalized spacial score (nSPS) is 16.7. The monoisotopic (exact) mass is 215 g/mol. The number of aliphatic hydroxyl groups is 1. The highest BCUT2D eigenvalue weighted by molar-refractivity contribution is 4.71. The molecule has 6 heteroatoms. The summed E-state index contributed by atoms with van der Waals surface area (Å²) in [6.07, 6.45) is -5.39. The fourth-order valence-electron chi connectivity index (χ4n) is 0.901. The number of hydrogen-bond acceptors (Lipinski definition) is 3. The summed E-state index contributed by atoms with van der Waals surface area (Å²) in [5.74, 6) is 0. The third-order valence-electron chi connectivity index (χ3n) is 1.85. The number of nitrogens with two attached hydrogens (primary N) is 1. The fourth-order valence-corrected chi connectivity index (χ4v) is 0.901. The summed E-state index contributed by atoms with van der Waals surface area (Å²) in [5, 5.41) is 8.77. The van der Waals surface area contributed by atoms with Crippen LogP contribution in [-0.2, 0) is 4.74 Å². The molecule has 0 aliphatic carbocycles. The van der Waals surface area contributed by atoms with Crippen LogP contribution in [-0.4, -0.2) is 36.6 Å². The van der Waals surface area contributed by atoms with Crippen LogP contribution < -0.4 is 5.73 Å². The molecule has 0 amide bonds. The van der Waals surface area contributed by atoms with Crippen molar-refractivity contribution < 1.29 is 23.0 Å². The molecule has 0 bridgehead atoms. The Hall–Kier alpha value is -0.330. The van der Waals surface area contributed by atoms with Crippen LogP contribution in [0.3, 0.4) is 0 Å². The zero-order chi connectivity index (χ0) is 11.2. The highest BCUT2D eigenvalue weighted by Crippen LogP contribution is 2.19. The molecule has 2 atom stereocenters. The molecule has 0 fully saturated rings. The molecule has 0 aromatic heterocycles. The standard InChI is InChI=1S/C8H16F3NO2/c1-2-6(12)7(5-13)14-4-3-8(9,10)11/h6-7,13H,2-5,12H2,1H3. The second-order valence-electron chi connectivity index (χ2n) is 3.03. The van der Waals surface area contributed by atoms with E-state index in [1.54, 1.807) is 6.92 Å². The average Bonchev–Trinajstić information content (AvgIpc) is 2.09. The van der Waals surface area contributed by atoms with Crippen molar-refractivity contribution in [3.8, 4) is 0 Å². The average molecular weight is 215 g/mol. The first kappa shape index (κ1) is 13.7. The molecule has 0 aromatic rings. The van der Waals surface area contributed by atoms with Crippen molar-refractivity contribution in [1.29, 1.82) is 0 Å². The van der Waals surface area contributed by atoms with Gasteiger partial charge in [-0.2, -0.15) is 13.2 Å². The predicted octanol–water partition coefficient (Wildman–Crippen LogP) is 1.05. The Labute approximate surface area is 81.0 Å². The highest BCUT2D eigenvalue weighted by atomic mass is 19.4. The van der Waals surface area contributed by atoms with E-state index < -0.39 is 31.3 Å². The van der Waals surface area contributed by atoms with Gasteiger partial charge in [0.1, 0.15) is 0 Å². The number of rotatable bonds is 6. The van der Waals surface area contributed by atoms with Crippen molar-refractivity contribution in [2.75, 3.05) is 13.2 Å². The molecule has 3 nitrogen and oxygen atoms in total. The number of ether oxygens (including phenoxy) is 1. The van der Waals surface area contributed by atoms with Crippen LogP contribution in [0.15, 0.2) is 0 Å². The number of alkyl halides is 3. The fraction of sp³-hybridized carbons (Fsp3) is 1.00. The molecular formula is C8H16F3NO2. The Kier molecular flexibility index (Phi) is 6.06. The Balaban J connectivity index is 3.74. The predicted molar refractivity (Wildman–Crippen MR) is 45.8 cm³/mol. The summed E-state index contributed by atoms with van der Waals surface area (Å²) in [6.45, 7) is 0.968. The summed E-state index contributed by atoms with van der Waals surface area (Å²) in [7, 11) is 0. The van der Waals surface area contributed by atoms with E-state index in [9.17, 15) is 13.2 Å². The van der Waals surface area contributed by atoms with E-state index in [-0.39, 0.29) is 6.61 Å². The Morgan fingerprint density at radius 2 is 2.00 bits per heavy atom. The molecule has 0 rings (SSSR count). The minimum Gasteiger partial charge on any atom is -0.394 e. The first-order chi connectivity index (χ1) is 6.40. The third kappa shape index (κ3) is 6.17. The van der Waals surface area contributed by atoms with E-state index in [2.05, 4.69) is 0 Å². The zero-order valence-electron chi connectivity index (χ0n) is 8.05. The van der Waals surface area contributed by atoms with Crippen LogP contribution in [0, 0.1) is 0 Å². The maximum atomic E-state index is 11.7. The molecule has 0 aromatic carbocycles. The van der Waals surface area contributed by atoms with Gasteiger partial charge in [-0.15, -0.1) is 0 Å². The van der Waals surface area contributed by atoms with E-state index in [1.807, 2.05) is 0 Å². The van der Waals surface area contributed by atoms with Gasteiger partial charge in [0.15, 0.2) is 0 Å². The van der Waals surface area contributed by atoms with E-state index >= 15 is 0 Å². The summed E-state index contributed by atoms with van der Waals surface area (Å²) in [4.78, 5) is 0. The Bertz CT molecular complexity index is 152. The molecule has 0 saturated carbocycles. The molecule has 2 unspecified atom stereocenters. The van der Waals surface area contributed by atoms with E-state index in [1.165, 1.54) is 0 Å². The smallest absolute Gasteiger partial charge is 0.391 e. The van der Waals surface area contributed by atoms with Crippen LogP contribution in [0.1, 0.15) is 19.8 Å². The molecule has 0 aliphatic heterocycles. The number of aliphatic hydroxyl groups excluding tert-OH is 1. The van der Waals surface area contributed by atoms with Gasteiger partial charge in [0.2, 0.25) is 0 Å². The van der Waals surface area contributed by atoms with Crippen molar-refractivity contribution in [2.24, 2.45) is 5.73 Å². The van der Waals surface area contributed by atoms with Gasteiger partial charge in [0.25, 0.3) is 0 Å². The van der Waals surface area contributed by atoms with Crippen LogP contribution in [0.5, 0.6) is 0 Å². The lowest BCUT2D eigenvalue weighted by Gasteiger charge is -2.21. The second kappa shape index (κ2) is 6.21. The zero-order valence-corrected chi connectivity index (χ0v) is 8.05. The molecule has 86 valence electrons.